The molecule has 0 aliphatic carbocycles. The maximum Gasteiger partial charge on any atom is 0.0668 e. The molecule has 0 unspecified atom stereocenters. The predicted octanol–water partition coefficient (Wildman–Crippen LogP) is 2.05. The SMILES string of the molecule is Cc1nn(C(C)C)c(C)c1/C=C/CN. The van der Waals surface area contributed by atoms with E-state index in [2.05, 4.69) is 31.9 Å². The van der Waals surface area contributed by atoms with Crippen molar-refractivity contribution in [1.29, 1.82) is 0 Å². The van der Waals surface area contributed by atoms with Crippen molar-refractivity contribution in [2.45, 2.75) is 33.7 Å². The molecule has 0 spiro atoms. The molecule has 0 aromatic carbocycles. The van der Waals surface area contributed by atoms with Crippen LogP contribution >= 0.6 is 0 Å². The first-order valence-corrected chi connectivity index (χ1v) is 5.00. The summed E-state index contributed by atoms with van der Waals surface area (Å²) >= 11 is 0. The lowest BCUT2D eigenvalue weighted by Crippen LogP contribution is -2.04. The number of hydrogen-bond acceptors (Lipinski definition) is 2. The summed E-state index contributed by atoms with van der Waals surface area (Å²) in [5.74, 6) is 0. The molecule has 2 N–H and O–H groups in total. The van der Waals surface area contributed by atoms with E-state index in [9.17, 15) is 0 Å². The van der Waals surface area contributed by atoms with Gasteiger partial charge in [0, 0.05) is 23.8 Å². The van der Waals surface area contributed by atoms with E-state index < -0.39 is 0 Å². The Morgan fingerprint density at radius 1 is 1.43 bits per heavy atom. The fourth-order valence-corrected chi connectivity index (χ4v) is 1.61. The molecule has 0 aliphatic rings. The van der Waals surface area contributed by atoms with E-state index in [0.717, 1.165) is 5.69 Å². The summed E-state index contributed by atoms with van der Waals surface area (Å²) in [6.45, 7) is 8.97. The van der Waals surface area contributed by atoms with Crippen LogP contribution in [0.3, 0.4) is 0 Å². The van der Waals surface area contributed by atoms with Crippen LogP contribution in [0.2, 0.25) is 0 Å². The van der Waals surface area contributed by atoms with Gasteiger partial charge in [0.25, 0.3) is 0 Å². The van der Waals surface area contributed by atoms with E-state index in [1.165, 1.54) is 11.3 Å². The van der Waals surface area contributed by atoms with E-state index in [4.69, 9.17) is 5.73 Å². The highest BCUT2D eigenvalue weighted by atomic mass is 15.3. The van der Waals surface area contributed by atoms with Gasteiger partial charge in [-0.1, -0.05) is 12.2 Å². The number of hydrogen-bond donors (Lipinski definition) is 1. The lowest BCUT2D eigenvalue weighted by Gasteiger charge is -2.07. The molecule has 1 heterocycles. The molecule has 0 amide bonds. The summed E-state index contributed by atoms with van der Waals surface area (Å²) in [4.78, 5) is 0. The van der Waals surface area contributed by atoms with Crippen LogP contribution in [0.15, 0.2) is 6.08 Å². The summed E-state index contributed by atoms with van der Waals surface area (Å²) < 4.78 is 2.05. The first kappa shape index (κ1) is 11.0. The van der Waals surface area contributed by atoms with Crippen molar-refractivity contribution in [1.82, 2.24) is 9.78 Å². The molecule has 0 fully saturated rings. The van der Waals surface area contributed by atoms with Crippen molar-refractivity contribution >= 4 is 6.08 Å². The lowest BCUT2D eigenvalue weighted by molar-refractivity contribution is 0.516. The predicted molar refractivity (Wildman–Crippen MR) is 60.2 cm³/mol. The van der Waals surface area contributed by atoms with E-state index in [0.29, 0.717) is 12.6 Å². The van der Waals surface area contributed by atoms with Crippen LogP contribution in [0.1, 0.15) is 36.8 Å². The molecule has 78 valence electrons. The average Bonchev–Trinajstić information content (AvgIpc) is 2.40. The number of aromatic nitrogens is 2. The summed E-state index contributed by atoms with van der Waals surface area (Å²) in [6, 6.07) is 0.411. The second-order valence-corrected chi connectivity index (χ2v) is 3.76. The maximum absolute atomic E-state index is 5.43. The van der Waals surface area contributed by atoms with Gasteiger partial charge in [0.05, 0.1) is 5.69 Å². The Balaban J connectivity index is 3.11. The number of rotatable bonds is 3. The molecular weight excluding hydrogens is 174 g/mol. The summed E-state index contributed by atoms with van der Waals surface area (Å²) in [7, 11) is 0. The minimum absolute atomic E-state index is 0.411. The van der Waals surface area contributed by atoms with Gasteiger partial charge in [0.15, 0.2) is 0 Å². The van der Waals surface area contributed by atoms with Gasteiger partial charge >= 0.3 is 0 Å². The van der Waals surface area contributed by atoms with Crippen molar-refractivity contribution < 1.29 is 0 Å². The fourth-order valence-electron chi connectivity index (χ4n) is 1.61. The van der Waals surface area contributed by atoms with Crippen molar-refractivity contribution in [2.24, 2.45) is 5.73 Å². The minimum atomic E-state index is 0.411. The van der Waals surface area contributed by atoms with Crippen LogP contribution in [-0.2, 0) is 0 Å². The monoisotopic (exact) mass is 193 g/mol. The smallest absolute Gasteiger partial charge is 0.0668 e. The third-order valence-corrected chi connectivity index (χ3v) is 2.29. The number of nitrogens with two attached hydrogens (primary N) is 1. The highest BCUT2D eigenvalue weighted by Gasteiger charge is 2.10. The van der Waals surface area contributed by atoms with Crippen molar-refractivity contribution in [3.8, 4) is 0 Å². The Kier molecular flexibility index (Phi) is 3.47. The zero-order valence-corrected chi connectivity index (χ0v) is 9.41. The summed E-state index contributed by atoms with van der Waals surface area (Å²) in [5.41, 5.74) is 8.91. The third kappa shape index (κ3) is 2.04. The van der Waals surface area contributed by atoms with Gasteiger partial charge in [-0.15, -0.1) is 0 Å². The van der Waals surface area contributed by atoms with Crippen LogP contribution < -0.4 is 5.73 Å². The second kappa shape index (κ2) is 4.42. The van der Waals surface area contributed by atoms with E-state index in [1.54, 1.807) is 0 Å². The van der Waals surface area contributed by atoms with Crippen LogP contribution in [-0.4, -0.2) is 16.3 Å². The first-order valence-electron chi connectivity index (χ1n) is 5.00. The normalized spacial score (nSPS) is 11.9. The van der Waals surface area contributed by atoms with E-state index in [1.807, 2.05) is 17.7 Å². The Labute approximate surface area is 85.6 Å². The summed E-state index contributed by atoms with van der Waals surface area (Å²) in [5, 5.41) is 4.49. The fraction of sp³-hybridized carbons (Fsp3) is 0.545. The zero-order valence-electron chi connectivity index (χ0n) is 9.41. The van der Waals surface area contributed by atoms with Crippen LogP contribution in [0.25, 0.3) is 6.08 Å². The minimum Gasteiger partial charge on any atom is -0.327 e. The Bertz CT molecular complexity index is 335. The van der Waals surface area contributed by atoms with Gasteiger partial charge < -0.3 is 5.73 Å². The molecule has 0 aliphatic heterocycles. The van der Waals surface area contributed by atoms with Gasteiger partial charge in [0.1, 0.15) is 0 Å². The number of aryl methyl sites for hydroxylation is 1. The van der Waals surface area contributed by atoms with Gasteiger partial charge in [0.2, 0.25) is 0 Å². The van der Waals surface area contributed by atoms with E-state index >= 15 is 0 Å². The van der Waals surface area contributed by atoms with Crippen LogP contribution in [0, 0.1) is 13.8 Å². The Morgan fingerprint density at radius 2 is 2.07 bits per heavy atom. The molecule has 0 radical (unpaired) electrons. The van der Waals surface area contributed by atoms with E-state index in [-0.39, 0.29) is 0 Å². The van der Waals surface area contributed by atoms with Crippen LogP contribution in [0.4, 0.5) is 0 Å². The molecule has 3 heteroatoms. The van der Waals surface area contributed by atoms with Crippen molar-refractivity contribution in [3.05, 3.63) is 23.0 Å². The second-order valence-electron chi connectivity index (χ2n) is 3.76. The Morgan fingerprint density at radius 3 is 2.50 bits per heavy atom. The first-order chi connectivity index (χ1) is 6.57. The molecule has 1 aromatic heterocycles. The standard InChI is InChI=1S/C11H19N3/c1-8(2)14-10(4)11(6-5-7-12)9(3)13-14/h5-6,8H,7,12H2,1-4H3/b6-5+. The summed E-state index contributed by atoms with van der Waals surface area (Å²) in [6.07, 6.45) is 4.01. The van der Waals surface area contributed by atoms with Gasteiger partial charge in [-0.25, -0.2) is 0 Å². The topological polar surface area (TPSA) is 43.8 Å². The molecule has 0 atom stereocenters. The molecule has 3 nitrogen and oxygen atoms in total. The van der Waals surface area contributed by atoms with Crippen LogP contribution in [0.5, 0.6) is 0 Å². The highest BCUT2D eigenvalue weighted by molar-refractivity contribution is 5.54. The molecule has 1 rings (SSSR count). The lowest BCUT2D eigenvalue weighted by atomic mass is 10.2. The average molecular weight is 193 g/mol. The molecule has 1 aromatic rings. The Hall–Kier alpha value is -1.09. The molecular formula is C11H19N3. The zero-order chi connectivity index (χ0) is 10.7. The molecule has 0 saturated heterocycles. The largest absolute Gasteiger partial charge is 0.327 e. The van der Waals surface area contributed by atoms with Gasteiger partial charge in [-0.2, -0.15) is 5.10 Å². The third-order valence-electron chi connectivity index (χ3n) is 2.29. The number of nitrogens with zero attached hydrogens (tertiary/aromatic N) is 2. The highest BCUT2D eigenvalue weighted by Crippen LogP contribution is 2.18. The maximum atomic E-state index is 5.43. The molecule has 14 heavy (non-hydrogen) atoms. The molecule has 0 bridgehead atoms. The van der Waals surface area contributed by atoms with Crippen molar-refractivity contribution in [2.75, 3.05) is 6.54 Å². The van der Waals surface area contributed by atoms with Gasteiger partial charge in [-0.05, 0) is 27.7 Å². The van der Waals surface area contributed by atoms with Crippen molar-refractivity contribution in [3.63, 3.8) is 0 Å². The van der Waals surface area contributed by atoms with Gasteiger partial charge in [-0.3, -0.25) is 4.68 Å². The quantitative estimate of drug-likeness (QED) is 0.798. The molecule has 0 saturated carbocycles.